The van der Waals surface area contributed by atoms with Gasteiger partial charge in [-0.15, -0.1) is 0 Å². The van der Waals surface area contributed by atoms with Crippen LogP contribution in [0, 0.1) is 5.92 Å². The van der Waals surface area contributed by atoms with Crippen molar-refractivity contribution in [1.82, 2.24) is 0 Å². The van der Waals surface area contributed by atoms with Crippen LogP contribution in [0.25, 0.3) is 0 Å². The molecule has 0 spiro atoms. The molecule has 0 radical (unpaired) electrons. The van der Waals surface area contributed by atoms with Crippen molar-refractivity contribution in [3.63, 3.8) is 0 Å². The smallest absolute Gasteiger partial charge is 0.0109 e. The Morgan fingerprint density at radius 3 is 2.60 bits per heavy atom. The Labute approximate surface area is 63.3 Å². The van der Waals surface area contributed by atoms with E-state index in [0.717, 1.165) is 5.92 Å². The normalized spacial score (nSPS) is 22.0. The third-order valence-corrected chi connectivity index (χ3v) is 2.44. The van der Waals surface area contributed by atoms with Crippen LogP contribution in [0.4, 0.5) is 0 Å². The summed E-state index contributed by atoms with van der Waals surface area (Å²) in [5, 5.41) is 0. The molecule has 0 bridgehead atoms. The summed E-state index contributed by atoms with van der Waals surface area (Å²) < 4.78 is 0. The van der Waals surface area contributed by atoms with Gasteiger partial charge in [0.05, 0.1) is 0 Å². The number of hydrogen-bond donors (Lipinski definition) is 1. The highest BCUT2D eigenvalue weighted by atomic mass is 14.5. The molecule has 1 heteroatoms. The van der Waals surface area contributed by atoms with Crippen LogP contribution in [-0.2, 0) is 0 Å². The van der Waals surface area contributed by atoms with Crippen LogP contribution in [0.1, 0.15) is 32.6 Å². The highest BCUT2D eigenvalue weighted by molar-refractivity contribution is 5.05. The van der Waals surface area contributed by atoms with Gasteiger partial charge in [0.25, 0.3) is 0 Å². The van der Waals surface area contributed by atoms with Crippen LogP contribution in [0.15, 0.2) is 11.6 Å². The zero-order valence-corrected chi connectivity index (χ0v) is 6.77. The number of hydrogen-bond acceptors (Lipinski definition) is 1. The van der Waals surface area contributed by atoms with Crippen molar-refractivity contribution in [3.05, 3.63) is 11.6 Å². The van der Waals surface area contributed by atoms with Gasteiger partial charge in [-0.25, -0.2) is 0 Å². The Bertz CT molecular complexity index is 121. The molecule has 1 fully saturated rings. The summed E-state index contributed by atoms with van der Waals surface area (Å²) in [5.74, 6) is 0.864. The molecule has 1 aliphatic rings. The van der Waals surface area contributed by atoms with E-state index < -0.39 is 0 Å². The maximum absolute atomic E-state index is 5.42. The molecule has 0 unspecified atom stereocenters. The minimum atomic E-state index is 0.711. The number of nitrogens with two attached hydrogens (primary N) is 1. The fourth-order valence-electron chi connectivity index (χ4n) is 1.73. The maximum Gasteiger partial charge on any atom is 0.0109 e. The minimum Gasteiger partial charge on any atom is -0.327 e. The Kier molecular flexibility index (Phi) is 2.94. The molecule has 1 saturated carbocycles. The van der Waals surface area contributed by atoms with E-state index in [1.165, 1.54) is 31.3 Å². The van der Waals surface area contributed by atoms with Gasteiger partial charge in [0.2, 0.25) is 0 Å². The second-order valence-electron chi connectivity index (χ2n) is 3.17. The number of allylic oxidation sites excluding steroid dienone is 1. The zero-order valence-electron chi connectivity index (χ0n) is 6.77. The van der Waals surface area contributed by atoms with Crippen molar-refractivity contribution in [3.8, 4) is 0 Å². The van der Waals surface area contributed by atoms with Gasteiger partial charge in [-0.05, 0) is 25.7 Å². The molecule has 0 aromatic heterocycles. The van der Waals surface area contributed by atoms with E-state index in [1.807, 2.05) is 0 Å². The van der Waals surface area contributed by atoms with E-state index >= 15 is 0 Å². The van der Waals surface area contributed by atoms with Crippen LogP contribution < -0.4 is 5.73 Å². The molecule has 2 N–H and O–H groups in total. The molecule has 0 aromatic rings. The molecule has 0 aromatic carbocycles. The molecule has 1 aliphatic carbocycles. The van der Waals surface area contributed by atoms with Gasteiger partial charge >= 0.3 is 0 Å². The lowest BCUT2D eigenvalue weighted by atomic mass is 9.99. The lowest BCUT2D eigenvalue weighted by molar-refractivity contribution is 0.640. The van der Waals surface area contributed by atoms with Gasteiger partial charge in [-0.3, -0.25) is 0 Å². The van der Waals surface area contributed by atoms with Crippen molar-refractivity contribution in [1.29, 1.82) is 0 Å². The average molecular weight is 139 g/mol. The fraction of sp³-hybridized carbons (Fsp3) is 0.778. The minimum absolute atomic E-state index is 0.711. The quantitative estimate of drug-likeness (QED) is 0.582. The maximum atomic E-state index is 5.42. The second-order valence-corrected chi connectivity index (χ2v) is 3.17. The Hall–Kier alpha value is -0.300. The topological polar surface area (TPSA) is 26.0 Å². The van der Waals surface area contributed by atoms with Gasteiger partial charge < -0.3 is 5.73 Å². The highest BCUT2D eigenvalue weighted by Crippen LogP contribution is 2.30. The average Bonchev–Trinajstić information content (AvgIpc) is 2.38. The number of rotatable bonds is 2. The van der Waals surface area contributed by atoms with E-state index in [0.29, 0.717) is 6.54 Å². The molecule has 10 heavy (non-hydrogen) atoms. The summed E-state index contributed by atoms with van der Waals surface area (Å²) in [6.07, 6.45) is 7.78. The van der Waals surface area contributed by atoms with E-state index in [4.69, 9.17) is 5.73 Å². The first-order valence-electron chi connectivity index (χ1n) is 4.21. The summed E-state index contributed by atoms with van der Waals surface area (Å²) >= 11 is 0. The summed E-state index contributed by atoms with van der Waals surface area (Å²) in [5.41, 5.74) is 6.93. The van der Waals surface area contributed by atoms with Crippen molar-refractivity contribution in [2.75, 3.05) is 6.54 Å². The summed E-state index contributed by atoms with van der Waals surface area (Å²) in [4.78, 5) is 0. The standard InChI is InChI=1S/C9H17N/c1-8(6-7-10)9-4-2-3-5-9/h6,9H,2-5,7,10H2,1H3. The summed E-state index contributed by atoms with van der Waals surface area (Å²) in [7, 11) is 0. The molecule has 0 atom stereocenters. The molecule has 0 amide bonds. The van der Waals surface area contributed by atoms with Crippen LogP contribution in [0.3, 0.4) is 0 Å². The van der Waals surface area contributed by atoms with Gasteiger partial charge in [-0.1, -0.05) is 24.5 Å². The first kappa shape index (κ1) is 7.80. The molecule has 0 saturated heterocycles. The molecule has 0 heterocycles. The predicted molar refractivity (Wildman–Crippen MR) is 44.8 cm³/mol. The Balaban J connectivity index is 2.39. The molecule has 1 nitrogen and oxygen atoms in total. The van der Waals surface area contributed by atoms with E-state index in [1.54, 1.807) is 0 Å². The molecule has 58 valence electrons. The first-order chi connectivity index (χ1) is 4.84. The second kappa shape index (κ2) is 3.77. The Morgan fingerprint density at radius 1 is 1.50 bits per heavy atom. The highest BCUT2D eigenvalue weighted by Gasteiger charge is 2.15. The van der Waals surface area contributed by atoms with E-state index in [-0.39, 0.29) is 0 Å². The zero-order chi connectivity index (χ0) is 7.40. The monoisotopic (exact) mass is 139 g/mol. The van der Waals surface area contributed by atoms with E-state index in [2.05, 4.69) is 13.0 Å². The predicted octanol–water partition coefficient (Wildman–Crippen LogP) is 2.08. The molecule has 0 aliphatic heterocycles. The van der Waals surface area contributed by atoms with Crippen molar-refractivity contribution in [2.24, 2.45) is 11.7 Å². The largest absolute Gasteiger partial charge is 0.327 e. The van der Waals surface area contributed by atoms with Crippen LogP contribution in [0.5, 0.6) is 0 Å². The lowest BCUT2D eigenvalue weighted by Crippen LogP contribution is -2.00. The van der Waals surface area contributed by atoms with Crippen molar-refractivity contribution in [2.45, 2.75) is 32.6 Å². The summed E-state index contributed by atoms with van der Waals surface area (Å²) in [6, 6.07) is 0. The molecular formula is C9H17N. The van der Waals surface area contributed by atoms with Gasteiger partial charge in [0.1, 0.15) is 0 Å². The van der Waals surface area contributed by atoms with Crippen LogP contribution >= 0.6 is 0 Å². The third-order valence-electron chi connectivity index (χ3n) is 2.44. The first-order valence-corrected chi connectivity index (χ1v) is 4.21. The molecule has 1 rings (SSSR count). The Morgan fingerprint density at radius 2 is 2.10 bits per heavy atom. The van der Waals surface area contributed by atoms with Gasteiger partial charge in [-0.2, -0.15) is 0 Å². The summed E-state index contributed by atoms with van der Waals surface area (Å²) in [6.45, 7) is 2.92. The van der Waals surface area contributed by atoms with Gasteiger partial charge in [0, 0.05) is 6.54 Å². The van der Waals surface area contributed by atoms with Crippen LogP contribution in [-0.4, -0.2) is 6.54 Å². The van der Waals surface area contributed by atoms with Crippen molar-refractivity contribution >= 4 is 0 Å². The van der Waals surface area contributed by atoms with Crippen molar-refractivity contribution < 1.29 is 0 Å². The SMILES string of the molecule is CC(=CCN)C1CCCC1. The lowest BCUT2D eigenvalue weighted by Gasteiger charge is -2.07. The van der Waals surface area contributed by atoms with Crippen LogP contribution in [0.2, 0.25) is 0 Å². The van der Waals surface area contributed by atoms with Gasteiger partial charge in [0.15, 0.2) is 0 Å². The third kappa shape index (κ3) is 1.84. The fourth-order valence-corrected chi connectivity index (χ4v) is 1.73. The molecular weight excluding hydrogens is 122 g/mol. The van der Waals surface area contributed by atoms with E-state index in [9.17, 15) is 0 Å².